The molecule has 2 aromatic heterocycles. The number of hydrogen-bond acceptors (Lipinski definition) is 4. The lowest BCUT2D eigenvalue weighted by molar-refractivity contribution is -0.357. The lowest BCUT2D eigenvalue weighted by atomic mass is 9.91. The Labute approximate surface area is 166 Å². The number of aryl methyl sites for hydroxylation is 1. The van der Waals surface area contributed by atoms with Gasteiger partial charge in [0, 0.05) is 28.2 Å². The maximum Gasteiger partial charge on any atom is 0.447 e. The van der Waals surface area contributed by atoms with Gasteiger partial charge in [-0.05, 0) is 49.4 Å². The number of aromatic nitrogens is 2. The van der Waals surface area contributed by atoms with Crippen LogP contribution < -0.4 is 0 Å². The largest absolute Gasteiger partial charge is 0.447 e. The van der Waals surface area contributed by atoms with Crippen molar-refractivity contribution in [3.8, 4) is 0 Å². The second-order valence-electron chi connectivity index (χ2n) is 7.36. The fourth-order valence-electron chi connectivity index (χ4n) is 4.05. The van der Waals surface area contributed by atoms with Gasteiger partial charge in [0.05, 0.1) is 16.6 Å². The highest BCUT2D eigenvalue weighted by molar-refractivity contribution is 6.07. The summed E-state index contributed by atoms with van der Waals surface area (Å²) in [5.41, 5.74) is -2.65. The van der Waals surface area contributed by atoms with Gasteiger partial charge in [-0.3, -0.25) is 9.97 Å². The second kappa shape index (κ2) is 6.78. The molecule has 0 radical (unpaired) electrons. The van der Waals surface area contributed by atoms with Crippen molar-refractivity contribution in [2.75, 3.05) is 0 Å². The maximum absolute atomic E-state index is 14.1. The molecule has 0 atom stereocenters. The van der Waals surface area contributed by atoms with E-state index >= 15 is 0 Å². The first-order valence-corrected chi connectivity index (χ1v) is 9.25. The van der Waals surface area contributed by atoms with Gasteiger partial charge in [-0.25, -0.2) is 0 Å². The van der Waals surface area contributed by atoms with Crippen molar-refractivity contribution >= 4 is 21.8 Å². The van der Waals surface area contributed by atoms with Crippen molar-refractivity contribution in [2.24, 2.45) is 0 Å². The number of hydrogen-bond donors (Lipinski definition) is 2. The third-order valence-electron chi connectivity index (χ3n) is 5.42. The highest BCUT2D eigenvalue weighted by Gasteiger charge is 2.55. The number of fused-ring (bicyclic) bond motifs is 4. The first kappa shape index (κ1) is 20.8. The van der Waals surface area contributed by atoms with Crippen molar-refractivity contribution in [2.45, 2.75) is 50.2 Å². The van der Waals surface area contributed by atoms with Crippen LogP contribution in [0.15, 0.2) is 24.4 Å². The van der Waals surface area contributed by atoms with Crippen molar-refractivity contribution < 1.29 is 36.6 Å². The van der Waals surface area contributed by atoms with E-state index in [4.69, 9.17) is 0 Å². The molecule has 0 aliphatic heterocycles. The molecular formula is C20H16F6N2O2. The number of pyridine rings is 2. The van der Waals surface area contributed by atoms with Gasteiger partial charge >= 0.3 is 12.4 Å². The van der Waals surface area contributed by atoms with E-state index < -0.39 is 40.2 Å². The Bertz CT molecular complexity index is 1140. The minimum atomic E-state index is -5.55. The zero-order chi connectivity index (χ0) is 21.9. The maximum atomic E-state index is 14.1. The summed E-state index contributed by atoms with van der Waals surface area (Å²) in [5, 5.41) is 19.0. The van der Waals surface area contributed by atoms with E-state index in [1.54, 1.807) is 0 Å². The van der Waals surface area contributed by atoms with Gasteiger partial charge in [0.1, 0.15) is 0 Å². The number of nitrogens with zero attached hydrogens (tertiary/aromatic N) is 2. The molecular weight excluding hydrogens is 414 g/mol. The smallest absolute Gasteiger partial charge is 0.355 e. The highest BCUT2D eigenvalue weighted by Crippen LogP contribution is 2.45. The molecule has 0 unspecified atom stereocenters. The molecule has 1 aliphatic rings. The van der Waals surface area contributed by atoms with E-state index in [9.17, 15) is 36.6 Å². The average Bonchev–Trinajstić information content (AvgIpc) is 2.88. The molecule has 1 aromatic carbocycles. The van der Waals surface area contributed by atoms with E-state index in [0.29, 0.717) is 31.7 Å². The third-order valence-corrected chi connectivity index (χ3v) is 5.42. The summed E-state index contributed by atoms with van der Waals surface area (Å²) in [7, 11) is 0. The van der Waals surface area contributed by atoms with E-state index in [1.165, 1.54) is 12.1 Å². The quantitative estimate of drug-likeness (QED) is 0.253. The molecule has 0 saturated heterocycles. The van der Waals surface area contributed by atoms with E-state index in [0.717, 1.165) is 6.20 Å². The van der Waals surface area contributed by atoms with E-state index in [1.807, 2.05) is 0 Å². The number of benzene rings is 1. The Morgan fingerprint density at radius 1 is 0.867 bits per heavy atom. The lowest BCUT2D eigenvalue weighted by Gasteiger charge is -2.27. The summed E-state index contributed by atoms with van der Waals surface area (Å²) >= 11 is 0. The van der Waals surface area contributed by atoms with Gasteiger partial charge in [0.2, 0.25) is 0 Å². The molecule has 0 amide bonds. The van der Waals surface area contributed by atoms with Gasteiger partial charge in [-0.15, -0.1) is 0 Å². The monoisotopic (exact) mass is 430 g/mol. The zero-order valence-electron chi connectivity index (χ0n) is 15.4. The Morgan fingerprint density at radius 3 is 2.23 bits per heavy atom. The summed E-state index contributed by atoms with van der Waals surface area (Å²) in [5.74, 6) is -4.39. The van der Waals surface area contributed by atoms with Gasteiger partial charge in [-0.1, -0.05) is 6.42 Å². The Morgan fingerprint density at radius 2 is 1.57 bits per heavy atom. The van der Waals surface area contributed by atoms with Gasteiger partial charge < -0.3 is 10.2 Å². The molecule has 2 heterocycles. The molecule has 160 valence electrons. The first-order chi connectivity index (χ1) is 13.9. The van der Waals surface area contributed by atoms with Crippen LogP contribution in [0.3, 0.4) is 0 Å². The summed E-state index contributed by atoms with van der Waals surface area (Å²) in [6.45, 7) is 0. The Hall–Kier alpha value is -2.46. The molecule has 0 saturated carbocycles. The van der Waals surface area contributed by atoms with E-state index in [-0.39, 0.29) is 28.6 Å². The van der Waals surface area contributed by atoms with Crippen LogP contribution in [0, 0.1) is 0 Å². The number of halogens is 6. The molecule has 2 N–H and O–H groups in total. The van der Waals surface area contributed by atoms with Gasteiger partial charge in [-0.2, -0.15) is 26.3 Å². The molecule has 1 aliphatic carbocycles. The molecule has 0 fully saturated rings. The van der Waals surface area contributed by atoms with Crippen LogP contribution >= 0.6 is 0 Å². The Balaban J connectivity index is 2.22. The fourth-order valence-corrected chi connectivity index (χ4v) is 4.05. The van der Waals surface area contributed by atoms with Crippen LogP contribution in [0.5, 0.6) is 0 Å². The first-order valence-electron chi connectivity index (χ1n) is 9.25. The summed E-state index contributed by atoms with van der Waals surface area (Å²) in [6, 6.07) is 3.13. The van der Waals surface area contributed by atoms with Gasteiger partial charge in [0.15, 0.2) is 0 Å². The lowest BCUT2D eigenvalue weighted by Crippen LogP contribution is -2.42. The molecule has 30 heavy (non-hydrogen) atoms. The standard InChI is InChI=1S/C20H16F6N2O2/c21-19(22,23)15-10-5-2-1-3-7-14(10)28-16-11-6-4-8-27-17(11)13(9-12(15)16)18(29,30)20(24,25)26/h4,6,8-9,29-30H,1-3,5,7H2. The third kappa shape index (κ3) is 3.18. The molecule has 4 rings (SSSR count). The number of aliphatic hydroxyl groups is 2. The summed E-state index contributed by atoms with van der Waals surface area (Å²) in [6.07, 6.45) is -7.02. The van der Waals surface area contributed by atoms with Crippen molar-refractivity contribution in [1.29, 1.82) is 0 Å². The van der Waals surface area contributed by atoms with Crippen LogP contribution in [-0.4, -0.2) is 26.4 Å². The van der Waals surface area contributed by atoms with Crippen LogP contribution in [0.25, 0.3) is 21.8 Å². The van der Waals surface area contributed by atoms with Crippen LogP contribution in [0.4, 0.5) is 26.3 Å². The fraction of sp³-hybridized carbons (Fsp3) is 0.400. The van der Waals surface area contributed by atoms with Crippen LogP contribution in [0.1, 0.15) is 41.6 Å². The van der Waals surface area contributed by atoms with Crippen molar-refractivity contribution in [3.63, 3.8) is 0 Å². The van der Waals surface area contributed by atoms with E-state index in [2.05, 4.69) is 9.97 Å². The molecule has 0 spiro atoms. The summed E-state index contributed by atoms with van der Waals surface area (Å²) in [4.78, 5) is 8.17. The summed E-state index contributed by atoms with van der Waals surface area (Å²) < 4.78 is 82.4. The second-order valence-corrected chi connectivity index (χ2v) is 7.36. The molecule has 3 aromatic rings. The topological polar surface area (TPSA) is 66.2 Å². The average molecular weight is 430 g/mol. The SMILES string of the molecule is OC(O)(c1cc2c(C(F)(F)F)c3c(nc2c2cccnc12)CCCCC3)C(F)(F)F. The van der Waals surface area contributed by atoms with Crippen LogP contribution in [0.2, 0.25) is 0 Å². The zero-order valence-corrected chi connectivity index (χ0v) is 15.4. The normalized spacial score (nSPS) is 16.0. The predicted molar refractivity (Wildman–Crippen MR) is 95.5 cm³/mol. The molecule has 0 bridgehead atoms. The van der Waals surface area contributed by atoms with Gasteiger partial charge in [0.25, 0.3) is 5.79 Å². The van der Waals surface area contributed by atoms with Crippen molar-refractivity contribution in [3.05, 3.63) is 46.8 Å². The molecule has 4 nitrogen and oxygen atoms in total. The molecule has 10 heteroatoms. The Kier molecular flexibility index (Phi) is 4.70. The predicted octanol–water partition coefficient (Wildman–Crippen LogP) is 4.77. The minimum absolute atomic E-state index is 0.0461. The number of alkyl halides is 6. The minimum Gasteiger partial charge on any atom is -0.355 e. The van der Waals surface area contributed by atoms with Crippen molar-refractivity contribution in [1.82, 2.24) is 9.97 Å². The number of rotatable bonds is 1. The van der Waals surface area contributed by atoms with Crippen LogP contribution in [-0.2, 0) is 24.8 Å². The highest BCUT2D eigenvalue weighted by atomic mass is 19.4.